The van der Waals surface area contributed by atoms with Crippen molar-refractivity contribution in [2.45, 2.75) is 58.0 Å². The number of hydrogen-bond donors (Lipinski definition) is 0. The molecule has 0 spiro atoms. The molecule has 0 aliphatic rings. The van der Waals surface area contributed by atoms with Crippen molar-refractivity contribution in [3.63, 3.8) is 0 Å². The lowest BCUT2D eigenvalue weighted by atomic mass is 10.1. The quantitative estimate of drug-likeness (QED) is 0.291. The summed E-state index contributed by atoms with van der Waals surface area (Å²) in [6.07, 6.45) is 14.9. The first-order valence-corrected chi connectivity index (χ1v) is 8.06. The largest absolute Gasteiger partial charge is 0.355 e. The molecule has 2 nitrogen and oxygen atoms in total. The summed E-state index contributed by atoms with van der Waals surface area (Å²) in [6, 6.07) is 10.2. The summed E-state index contributed by atoms with van der Waals surface area (Å²) in [7, 11) is 0. The molecule has 0 N–H and O–H groups in total. The van der Waals surface area contributed by atoms with Crippen LogP contribution < -0.4 is 0 Å². The molecule has 0 aliphatic heterocycles. The van der Waals surface area contributed by atoms with Crippen LogP contribution in [0.1, 0.15) is 56.9 Å². The second kappa shape index (κ2) is 13.7. The Morgan fingerprint density at radius 2 is 1.48 bits per heavy atom. The zero-order valence-corrected chi connectivity index (χ0v) is 13.1. The smallest absolute Gasteiger partial charge is 0.147 e. The van der Waals surface area contributed by atoms with Crippen LogP contribution in [0, 0.1) is 12.3 Å². The fraction of sp³-hybridized carbons (Fsp3) is 0.579. The molecule has 0 radical (unpaired) electrons. The third kappa shape index (κ3) is 11.1. The zero-order valence-electron chi connectivity index (χ0n) is 13.1. The second-order valence-electron chi connectivity index (χ2n) is 5.29. The van der Waals surface area contributed by atoms with Crippen molar-refractivity contribution in [3.8, 4) is 12.3 Å². The Balaban J connectivity index is 1.76. The van der Waals surface area contributed by atoms with Crippen LogP contribution in [0.15, 0.2) is 30.3 Å². The number of hydrogen-bond acceptors (Lipinski definition) is 2. The lowest BCUT2D eigenvalue weighted by Crippen LogP contribution is -2.01. The van der Waals surface area contributed by atoms with Crippen LogP contribution >= 0.6 is 0 Å². The van der Waals surface area contributed by atoms with Gasteiger partial charge in [0.2, 0.25) is 0 Å². The van der Waals surface area contributed by atoms with E-state index in [-0.39, 0.29) is 0 Å². The highest BCUT2D eigenvalue weighted by Gasteiger charge is 1.94. The Morgan fingerprint density at radius 3 is 2.19 bits per heavy atom. The van der Waals surface area contributed by atoms with Gasteiger partial charge in [-0.2, -0.15) is 0 Å². The number of benzene rings is 1. The van der Waals surface area contributed by atoms with Gasteiger partial charge in [-0.05, 0) is 18.4 Å². The first-order valence-electron chi connectivity index (χ1n) is 8.06. The average Bonchev–Trinajstić information content (AvgIpc) is 2.53. The van der Waals surface area contributed by atoms with E-state index in [9.17, 15) is 0 Å². The molecule has 2 heteroatoms. The molecule has 1 aromatic rings. The van der Waals surface area contributed by atoms with Gasteiger partial charge < -0.3 is 9.47 Å². The molecule has 0 fully saturated rings. The predicted octanol–water partition coefficient (Wildman–Crippen LogP) is 4.93. The highest BCUT2D eigenvalue weighted by Crippen LogP contribution is 2.08. The van der Waals surface area contributed by atoms with Gasteiger partial charge in [0.15, 0.2) is 0 Å². The van der Waals surface area contributed by atoms with E-state index in [1.165, 1.54) is 44.1 Å². The molecule has 1 aromatic carbocycles. The van der Waals surface area contributed by atoms with Crippen LogP contribution in [-0.4, -0.2) is 13.4 Å². The summed E-state index contributed by atoms with van der Waals surface area (Å²) in [5.74, 6) is 2.69. The van der Waals surface area contributed by atoms with Gasteiger partial charge in [-0.1, -0.05) is 62.4 Å². The summed E-state index contributed by atoms with van der Waals surface area (Å²) in [5, 5.41) is 0. The highest BCUT2D eigenvalue weighted by atomic mass is 16.7. The first-order chi connectivity index (χ1) is 10.4. The van der Waals surface area contributed by atoms with E-state index in [2.05, 4.69) is 18.1 Å². The van der Waals surface area contributed by atoms with E-state index in [1.807, 2.05) is 18.2 Å². The first kappa shape index (κ1) is 17.8. The molecule has 0 unspecified atom stereocenters. The van der Waals surface area contributed by atoms with Gasteiger partial charge in [-0.25, -0.2) is 0 Å². The van der Waals surface area contributed by atoms with Crippen molar-refractivity contribution in [2.75, 3.05) is 13.4 Å². The van der Waals surface area contributed by atoms with Crippen molar-refractivity contribution in [3.05, 3.63) is 35.9 Å². The fourth-order valence-corrected chi connectivity index (χ4v) is 2.17. The Labute approximate surface area is 129 Å². The Hall–Kier alpha value is -1.30. The number of terminal acetylenes is 1. The minimum atomic E-state index is 0.390. The van der Waals surface area contributed by atoms with Crippen molar-refractivity contribution in [2.24, 2.45) is 0 Å². The molecule has 0 amide bonds. The van der Waals surface area contributed by atoms with Gasteiger partial charge in [0.25, 0.3) is 0 Å². The van der Waals surface area contributed by atoms with E-state index in [0.29, 0.717) is 13.4 Å². The lowest BCUT2D eigenvalue weighted by molar-refractivity contribution is -0.0623. The van der Waals surface area contributed by atoms with Gasteiger partial charge in [0.1, 0.15) is 6.79 Å². The summed E-state index contributed by atoms with van der Waals surface area (Å²) in [5.41, 5.74) is 1.19. The third-order valence-electron chi connectivity index (χ3n) is 3.39. The predicted molar refractivity (Wildman–Crippen MR) is 87.8 cm³/mol. The molecule has 0 saturated carbocycles. The minimum absolute atomic E-state index is 0.390. The standard InChI is InChI=1S/C19H28O2/c1-2-3-4-5-6-7-8-9-13-16-20-18-21-17-19-14-11-10-12-15-19/h1,10-12,14-15H,3-9,13,16-18H2. The topological polar surface area (TPSA) is 18.5 Å². The molecule has 116 valence electrons. The van der Waals surface area contributed by atoms with Gasteiger partial charge in [-0.3, -0.25) is 0 Å². The molecule has 0 aliphatic carbocycles. The second-order valence-corrected chi connectivity index (χ2v) is 5.29. The Morgan fingerprint density at radius 1 is 0.810 bits per heavy atom. The lowest BCUT2D eigenvalue weighted by Gasteiger charge is -2.06. The minimum Gasteiger partial charge on any atom is -0.355 e. The Kier molecular flexibility index (Phi) is 11.6. The van der Waals surface area contributed by atoms with E-state index in [4.69, 9.17) is 15.9 Å². The molecule has 0 heterocycles. The van der Waals surface area contributed by atoms with E-state index in [0.717, 1.165) is 19.4 Å². The molecule has 0 atom stereocenters. The molecule has 0 bridgehead atoms. The maximum Gasteiger partial charge on any atom is 0.147 e. The van der Waals surface area contributed by atoms with Gasteiger partial charge in [0, 0.05) is 13.0 Å². The van der Waals surface area contributed by atoms with Crippen molar-refractivity contribution in [1.82, 2.24) is 0 Å². The van der Waals surface area contributed by atoms with Crippen LogP contribution in [0.4, 0.5) is 0 Å². The number of unbranched alkanes of at least 4 members (excludes halogenated alkanes) is 7. The maximum atomic E-state index is 5.47. The zero-order chi connectivity index (χ0) is 15.0. The third-order valence-corrected chi connectivity index (χ3v) is 3.39. The van der Waals surface area contributed by atoms with E-state index >= 15 is 0 Å². The molecule has 0 saturated heterocycles. The number of ether oxygens (including phenoxy) is 2. The molecular weight excluding hydrogens is 260 g/mol. The Bertz CT molecular complexity index is 367. The fourth-order valence-electron chi connectivity index (χ4n) is 2.17. The van der Waals surface area contributed by atoms with E-state index in [1.54, 1.807) is 0 Å². The van der Waals surface area contributed by atoms with Crippen molar-refractivity contribution < 1.29 is 9.47 Å². The van der Waals surface area contributed by atoms with Gasteiger partial charge in [-0.15, -0.1) is 12.3 Å². The van der Waals surface area contributed by atoms with Crippen LogP contribution in [0.3, 0.4) is 0 Å². The summed E-state index contributed by atoms with van der Waals surface area (Å²) < 4.78 is 10.9. The summed E-state index contributed by atoms with van der Waals surface area (Å²) in [4.78, 5) is 0. The van der Waals surface area contributed by atoms with Crippen molar-refractivity contribution >= 4 is 0 Å². The summed E-state index contributed by atoms with van der Waals surface area (Å²) >= 11 is 0. The van der Waals surface area contributed by atoms with Crippen LogP contribution in [0.5, 0.6) is 0 Å². The van der Waals surface area contributed by atoms with Crippen molar-refractivity contribution in [1.29, 1.82) is 0 Å². The molecule has 21 heavy (non-hydrogen) atoms. The molecule has 0 aromatic heterocycles. The highest BCUT2D eigenvalue weighted by molar-refractivity contribution is 5.13. The van der Waals surface area contributed by atoms with Gasteiger partial charge >= 0.3 is 0 Å². The average molecular weight is 288 g/mol. The number of rotatable bonds is 13. The maximum absolute atomic E-state index is 5.47. The SMILES string of the molecule is C#CCCCCCCCCCOCOCc1ccccc1. The summed E-state index contributed by atoms with van der Waals surface area (Å²) in [6.45, 7) is 1.81. The van der Waals surface area contributed by atoms with Crippen LogP contribution in [0.2, 0.25) is 0 Å². The van der Waals surface area contributed by atoms with E-state index < -0.39 is 0 Å². The normalized spacial score (nSPS) is 10.4. The monoisotopic (exact) mass is 288 g/mol. The van der Waals surface area contributed by atoms with Gasteiger partial charge in [0.05, 0.1) is 6.61 Å². The van der Waals surface area contributed by atoms with Crippen LogP contribution in [0.25, 0.3) is 0 Å². The molecular formula is C19H28O2. The van der Waals surface area contributed by atoms with Crippen LogP contribution in [-0.2, 0) is 16.1 Å². The molecule has 1 rings (SSSR count).